The van der Waals surface area contributed by atoms with E-state index >= 15 is 0 Å². The second-order valence-corrected chi connectivity index (χ2v) is 13.5. The van der Waals surface area contributed by atoms with Gasteiger partial charge in [0.05, 0.1) is 44.9 Å². The van der Waals surface area contributed by atoms with Crippen LogP contribution in [0.25, 0.3) is 55.0 Å². The molecule has 252 valence electrons. The van der Waals surface area contributed by atoms with E-state index in [1.807, 2.05) is 24.5 Å². The highest BCUT2D eigenvalue weighted by Gasteiger charge is 2.23. The molecule has 0 radical (unpaired) electrons. The first-order chi connectivity index (χ1) is 26.8. The Balaban J connectivity index is 1.13. The zero-order chi connectivity index (χ0) is 35.6. The summed E-state index contributed by atoms with van der Waals surface area (Å²) in [6.45, 7) is 0. The van der Waals surface area contributed by atoms with Crippen molar-refractivity contribution in [2.24, 2.45) is 9.98 Å². The van der Waals surface area contributed by atoms with Crippen molar-refractivity contribution < 1.29 is 0 Å². The molecule has 11 rings (SSSR count). The Morgan fingerprint density at radius 2 is 0.759 bits per heavy atom. The van der Waals surface area contributed by atoms with Gasteiger partial charge in [0.1, 0.15) is 0 Å². The molecular weight excluding hydrogens is 661 g/mol. The molecule has 0 N–H and O–H groups in total. The van der Waals surface area contributed by atoms with Crippen LogP contribution in [0.2, 0.25) is 0 Å². The van der Waals surface area contributed by atoms with E-state index in [0.29, 0.717) is 0 Å². The third kappa shape index (κ3) is 4.67. The van der Waals surface area contributed by atoms with Crippen molar-refractivity contribution in [2.75, 3.05) is 0 Å². The van der Waals surface area contributed by atoms with E-state index in [2.05, 4.69) is 165 Å². The standard InChI is InChI=1S/C48H30N6/c1-3-11-33(12-4-1)53-43-17-9-7-15-35(43)37-21-19-31(27-45(37)53)47-39-29-49-25-23-41(39)52-48(40-30-50-26-24-42(40)51-47)32-20-22-38-36-16-8-10-18-44(36)54(46(38)28-32)34-13-5-2-6-14-34/h1-30H. The van der Waals surface area contributed by atoms with Crippen LogP contribution in [-0.2, 0) is 0 Å². The van der Waals surface area contributed by atoms with E-state index in [9.17, 15) is 0 Å². The lowest BCUT2D eigenvalue weighted by atomic mass is 9.96. The maximum absolute atomic E-state index is 5.45. The Bertz CT molecular complexity index is 2940. The second-order valence-electron chi connectivity index (χ2n) is 13.5. The first kappa shape index (κ1) is 30.2. The summed E-state index contributed by atoms with van der Waals surface area (Å²) < 4.78 is 4.67. The average molecular weight is 691 g/mol. The quantitative estimate of drug-likeness (QED) is 0.185. The molecule has 5 heterocycles. The minimum atomic E-state index is 0.792. The summed E-state index contributed by atoms with van der Waals surface area (Å²) in [6, 6.07) is 55.4. The van der Waals surface area contributed by atoms with Crippen LogP contribution in [0.4, 0.5) is 11.4 Å². The molecule has 0 atom stereocenters. The van der Waals surface area contributed by atoms with Crippen molar-refractivity contribution in [2.45, 2.75) is 0 Å². The number of aromatic nitrogens is 4. The third-order valence-electron chi connectivity index (χ3n) is 10.5. The number of hydrogen-bond acceptors (Lipinski definition) is 4. The van der Waals surface area contributed by atoms with Gasteiger partial charge in [0.15, 0.2) is 0 Å². The maximum Gasteiger partial charge on any atom is 0.0819 e. The van der Waals surface area contributed by atoms with Gasteiger partial charge in [-0.15, -0.1) is 0 Å². The summed E-state index contributed by atoms with van der Waals surface area (Å²) in [5.74, 6) is 0. The van der Waals surface area contributed by atoms with Gasteiger partial charge in [-0.05, 0) is 60.7 Å². The van der Waals surface area contributed by atoms with Gasteiger partial charge < -0.3 is 9.13 Å². The predicted octanol–water partition coefficient (Wildman–Crippen LogP) is 11.3. The number of aliphatic imine (C=N–C) groups is 2. The molecule has 10 aromatic rings. The van der Waals surface area contributed by atoms with Crippen LogP contribution in [0.5, 0.6) is 0 Å². The van der Waals surface area contributed by atoms with E-state index in [1.54, 1.807) is 12.4 Å². The van der Waals surface area contributed by atoms with Crippen molar-refractivity contribution in [1.82, 2.24) is 19.1 Å². The van der Waals surface area contributed by atoms with E-state index in [4.69, 9.17) is 9.98 Å². The van der Waals surface area contributed by atoms with Gasteiger partial charge >= 0.3 is 0 Å². The molecular formula is C48H30N6. The molecule has 0 spiro atoms. The van der Waals surface area contributed by atoms with E-state index in [-0.39, 0.29) is 0 Å². The topological polar surface area (TPSA) is 60.4 Å². The van der Waals surface area contributed by atoms with Crippen molar-refractivity contribution in [3.05, 3.63) is 205 Å². The predicted molar refractivity (Wildman–Crippen MR) is 221 cm³/mol. The number of rotatable bonds is 4. The number of benzene rings is 6. The Morgan fingerprint density at radius 3 is 1.22 bits per heavy atom. The number of para-hydroxylation sites is 4. The minimum Gasteiger partial charge on any atom is -0.309 e. The fourth-order valence-electron chi connectivity index (χ4n) is 8.08. The van der Waals surface area contributed by atoms with E-state index in [0.717, 1.165) is 78.5 Å². The van der Waals surface area contributed by atoms with Crippen LogP contribution in [0.15, 0.2) is 192 Å². The molecule has 0 aliphatic carbocycles. The molecule has 0 fully saturated rings. The molecule has 0 saturated heterocycles. The largest absolute Gasteiger partial charge is 0.309 e. The van der Waals surface area contributed by atoms with Gasteiger partial charge in [-0.2, -0.15) is 0 Å². The Morgan fingerprint density at radius 1 is 0.352 bits per heavy atom. The molecule has 4 aromatic heterocycles. The lowest BCUT2D eigenvalue weighted by Crippen LogP contribution is -2.11. The Kier molecular flexibility index (Phi) is 6.75. The van der Waals surface area contributed by atoms with Crippen LogP contribution < -0.4 is 0 Å². The lowest BCUT2D eigenvalue weighted by molar-refractivity contribution is 1.18. The van der Waals surface area contributed by atoms with Crippen LogP contribution in [0.1, 0.15) is 22.3 Å². The summed E-state index contributed by atoms with van der Waals surface area (Å²) in [4.78, 5) is 20.1. The summed E-state index contributed by atoms with van der Waals surface area (Å²) in [5, 5.41) is 4.78. The zero-order valence-corrected chi connectivity index (χ0v) is 29.0. The van der Waals surface area contributed by atoms with Gasteiger partial charge in [0.2, 0.25) is 0 Å². The highest BCUT2D eigenvalue weighted by molar-refractivity contribution is 6.24. The summed E-state index contributed by atoms with van der Waals surface area (Å²) in [5.41, 5.74) is 13.6. The normalized spacial score (nSPS) is 12.7. The first-order valence-electron chi connectivity index (χ1n) is 18.0. The molecule has 0 saturated carbocycles. The lowest BCUT2D eigenvalue weighted by Gasteiger charge is -2.18. The van der Waals surface area contributed by atoms with Gasteiger partial charge in [0, 0.05) is 80.0 Å². The zero-order valence-electron chi connectivity index (χ0n) is 29.0. The van der Waals surface area contributed by atoms with Crippen LogP contribution in [-0.4, -0.2) is 30.5 Å². The highest BCUT2D eigenvalue weighted by Crippen LogP contribution is 2.38. The summed E-state index contributed by atoms with van der Waals surface area (Å²) in [6.07, 6.45) is 7.37. The Hall–Kier alpha value is -7.44. The van der Waals surface area contributed by atoms with Crippen molar-refractivity contribution in [1.29, 1.82) is 0 Å². The molecule has 54 heavy (non-hydrogen) atoms. The fourth-order valence-corrected chi connectivity index (χ4v) is 8.08. The number of fused-ring (bicyclic) bond motifs is 8. The van der Waals surface area contributed by atoms with E-state index in [1.165, 1.54) is 21.5 Å². The SMILES string of the molecule is c1ccc(-n2c3ccccc3c3ccc(C4=Nc5ccncc5C(c5ccc6c7ccccc7n(-c7ccccc7)c6c5)=Nc5ccncc54)cc32)cc1. The molecule has 0 bridgehead atoms. The van der Waals surface area contributed by atoms with Crippen molar-refractivity contribution in [3.63, 3.8) is 0 Å². The summed E-state index contributed by atoms with van der Waals surface area (Å²) >= 11 is 0. The number of nitrogens with zero attached hydrogens (tertiary/aromatic N) is 6. The summed E-state index contributed by atoms with van der Waals surface area (Å²) in [7, 11) is 0. The maximum atomic E-state index is 5.45. The van der Waals surface area contributed by atoms with Gasteiger partial charge in [-0.3, -0.25) is 9.97 Å². The molecule has 1 aliphatic heterocycles. The minimum absolute atomic E-state index is 0.792. The number of pyridine rings is 2. The van der Waals surface area contributed by atoms with Crippen LogP contribution in [0.3, 0.4) is 0 Å². The second kappa shape index (κ2) is 12.1. The van der Waals surface area contributed by atoms with Crippen LogP contribution >= 0.6 is 0 Å². The van der Waals surface area contributed by atoms with E-state index < -0.39 is 0 Å². The molecule has 6 aromatic carbocycles. The third-order valence-corrected chi connectivity index (χ3v) is 10.5. The smallest absolute Gasteiger partial charge is 0.0819 e. The van der Waals surface area contributed by atoms with Crippen LogP contribution in [0, 0.1) is 0 Å². The van der Waals surface area contributed by atoms with Gasteiger partial charge in [-0.1, -0.05) is 97.1 Å². The van der Waals surface area contributed by atoms with Gasteiger partial charge in [-0.25, -0.2) is 9.98 Å². The monoisotopic (exact) mass is 690 g/mol. The molecule has 6 nitrogen and oxygen atoms in total. The fraction of sp³-hybridized carbons (Fsp3) is 0. The molecule has 0 unspecified atom stereocenters. The Labute approximate surface area is 310 Å². The molecule has 6 heteroatoms. The van der Waals surface area contributed by atoms with Crippen molar-refractivity contribution in [3.8, 4) is 11.4 Å². The molecule has 0 amide bonds. The molecule has 1 aliphatic rings. The first-order valence-corrected chi connectivity index (χ1v) is 18.0. The van der Waals surface area contributed by atoms with Crippen molar-refractivity contribution >= 4 is 66.4 Å². The van der Waals surface area contributed by atoms with Gasteiger partial charge in [0.25, 0.3) is 0 Å². The highest BCUT2D eigenvalue weighted by atomic mass is 15.0. The number of hydrogen-bond donors (Lipinski definition) is 0. The average Bonchev–Trinajstić information content (AvgIpc) is 3.74.